The normalized spacial score (nSPS) is 16.5. The quantitative estimate of drug-likeness (QED) is 0.606. The Morgan fingerprint density at radius 3 is 2.73 bits per heavy atom. The van der Waals surface area contributed by atoms with E-state index in [1.165, 1.54) is 5.56 Å². The van der Waals surface area contributed by atoms with Crippen molar-refractivity contribution in [3.8, 4) is 11.5 Å². The zero-order chi connectivity index (χ0) is 18.1. The minimum absolute atomic E-state index is 0.265. The minimum Gasteiger partial charge on any atom is -0.497 e. The summed E-state index contributed by atoms with van der Waals surface area (Å²) in [5.41, 5.74) is 2.25. The molecule has 0 amide bonds. The van der Waals surface area contributed by atoms with Crippen LogP contribution in [0.3, 0.4) is 0 Å². The van der Waals surface area contributed by atoms with Crippen LogP contribution in [0, 0.1) is 0 Å². The lowest BCUT2D eigenvalue weighted by Gasteiger charge is -2.15. The number of hydrogen-bond acceptors (Lipinski definition) is 5. The predicted octanol–water partition coefficient (Wildman–Crippen LogP) is 5.03. The van der Waals surface area contributed by atoms with E-state index in [1.54, 1.807) is 38.1 Å². The van der Waals surface area contributed by atoms with Crippen LogP contribution in [0.15, 0.2) is 63.8 Å². The third kappa shape index (κ3) is 2.99. The van der Waals surface area contributed by atoms with Crippen LogP contribution in [0.25, 0.3) is 15.9 Å². The Kier molecular flexibility index (Phi) is 4.47. The van der Waals surface area contributed by atoms with Crippen molar-refractivity contribution < 1.29 is 13.9 Å². The summed E-state index contributed by atoms with van der Waals surface area (Å²) in [6.07, 6.45) is 3.07. The first-order valence-electron chi connectivity index (χ1n) is 8.31. The summed E-state index contributed by atoms with van der Waals surface area (Å²) in [5.74, 6) is 1.56. The second kappa shape index (κ2) is 6.92. The molecule has 2 aromatic carbocycles. The average molecular weight is 366 g/mol. The molecule has 1 unspecified atom stereocenters. The Bertz CT molecular complexity index is 1050. The van der Waals surface area contributed by atoms with Crippen LogP contribution < -0.4 is 15.1 Å². The first kappa shape index (κ1) is 16.8. The summed E-state index contributed by atoms with van der Waals surface area (Å²) in [7, 11) is 3.28. The van der Waals surface area contributed by atoms with Crippen LogP contribution in [0.1, 0.15) is 22.8 Å². The zero-order valence-corrected chi connectivity index (χ0v) is 15.3. The van der Waals surface area contributed by atoms with Gasteiger partial charge >= 0.3 is 5.63 Å². The molecule has 0 saturated heterocycles. The highest BCUT2D eigenvalue weighted by atomic mass is 32.2. The van der Waals surface area contributed by atoms with Crippen molar-refractivity contribution in [3.05, 3.63) is 76.2 Å². The molecule has 132 valence electrons. The van der Waals surface area contributed by atoms with Crippen LogP contribution in [0.4, 0.5) is 0 Å². The molecule has 1 aromatic heterocycles. The molecular formula is C21H18O4S. The maximum Gasteiger partial charge on any atom is 0.336 e. The topological polar surface area (TPSA) is 48.7 Å². The lowest BCUT2D eigenvalue weighted by Crippen LogP contribution is -1.99. The van der Waals surface area contributed by atoms with E-state index >= 15 is 0 Å². The lowest BCUT2D eigenvalue weighted by atomic mass is 10.1. The number of rotatable bonds is 4. The fourth-order valence-electron chi connectivity index (χ4n) is 3.23. The predicted molar refractivity (Wildman–Crippen MR) is 105 cm³/mol. The number of benzene rings is 2. The molecule has 3 aromatic rings. The van der Waals surface area contributed by atoms with Crippen molar-refractivity contribution >= 4 is 27.6 Å². The largest absolute Gasteiger partial charge is 0.497 e. The van der Waals surface area contributed by atoms with Gasteiger partial charge in [0.1, 0.15) is 17.1 Å². The Hall–Kier alpha value is -2.66. The van der Waals surface area contributed by atoms with Gasteiger partial charge in [0, 0.05) is 38.8 Å². The molecule has 1 atom stereocenters. The number of methoxy groups -OCH3 is 2. The van der Waals surface area contributed by atoms with Gasteiger partial charge in [-0.2, -0.15) is 0 Å². The average Bonchev–Trinajstić information content (AvgIpc) is 3.16. The molecule has 5 heteroatoms. The van der Waals surface area contributed by atoms with Crippen LogP contribution >= 0.6 is 11.8 Å². The second-order valence-corrected chi connectivity index (χ2v) is 7.24. The number of allylic oxidation sites excluding steroid dienone is 1. The van der Waals surface area contributed by atoms with Gasteiger partial charge in [0.15, 0.2) is 0 Å². The highest BCUT2D eigenvalue weighted by molar-refractivity contribution is 8.08. The number of fused-ring (bicyclic) bond motifs is 1. The van der Waals surface area contributed by atoms with Gasteiger partial charge in [0.05, 0.1) is 14.2 Å². The standard InChI is InChI=1S/C21H18O4S/c1-23-13-7-8-14-16(12-21(22)25-18(14)11-13)20-10-9-19(26-20)15-5-3-4-6-17(15)24-2/h3-8,10-12,19H,9H2,1-2H3. The lowest BCUT2D eigenvalue weighted by molar-refractivity contribution is 0.409. The molecule has 0 fully saturated rings. The first-order chi connectivity index (χ1) is 12.7. The summed E-state index contributed by atoms with van der Waals surface area (Å²) in [5, 5.41) is 1.17. The van der Waals surface area contributed by atoms with Crippen molar-refractivity contribution in [1.29, 1.82) is 0 Å². The molecule has 0 N–H and O–H groups in total. The first-order valence-corrected chi connectivity index (χ1v) is 9.19. The van der Waals surface area contributed by atoms with Crippen LogP contribution in [-0.4, -0.2) is 14.2 Å². The SMILES string of the molecule is COc1ccc2c(C3=CCC(c4ccccc4OC)S3)cc(=O)oc2c1. The Balaban J connectivity index is 1.72. The van der Waals surface area contributed by atoms with Crippen molar-refractivity contribution in [2.75, 3.05) is 14.2 Å². The van der Waals surface area contributed by atoms with E-state index in [0.29, 0.717) is 11.3 Å². The Labute approximate surface area is 155 Å². The summed E-state index contributed by atoms with van der Waals surface area (Å²) >= 11 is 1.75. The maximum absolute atomic E-state index is 12.0. The summed E-state index contributed by atoms with van der Waals surface area (Å²) < 4.78 is 16.1. The molecular weight excluding hydrogens is 348 g/mol. The van der Waals surface area contributed by atoms with Crippen molar-refractivity contribution in [3.63, 3.8) is 0 Å². The highest BCUT2D eigenvalue weighted by Gasteiger charge is 2.25. The molecule has 0 spiro atoms. The van der Waals surface area contributed by atoms with E-state index in [9.17, 15) is 4.79 Å². The van der Waals surface area contributed by atoms with Gasteiger partial charge < -0.3 is 13.9 Å². The van der Waals surface area contributed by atoms with Gasteiger partial charge in [-0.15, -0.1) is 11.8 Å². The van der Waals surface area contributed by atoms with E-state index in [4.69, 9.17) is 13.9 Å². The molecule has 0 aliphatic carbocycles. The third-order valence-electron chi connectivity index (χ3n) is 4.49. The highest BCUT2D eigenvalue weighted by Crippen LogP contribution is 2.51. The molecule has 2 heterocycles. The summed E-state index contributed by atoms with van der Waals surface area (Å²) in [6.45, 7) is 0. The van der Waals surface area contributed by atoms with Gasteiger partial charge in [-0.3, -0.25) is 0 Å². The number of para-hydroxylation sites is 1. The Morgan fingerprint density at radius 2 is 1.92 bits per heavy atom. The van der Waals surface area contributed by atoms with Crippen LogP contribution in [0.2, 0.25) is 0 Å². The fraction of sp³-hybridized carbons (Fsp3) is 0.190. The molecule has 1 aliphatic rings. The number of hydrogen-bond donors (Lipinski definition) is 0. The summed E-state index contributed by atoms with van der Waals surface area (Å²) in [6, 6.07) is 15.2. The second-order valence-electron chi connectivity index (χ2n) is 5.99. The van der Waals surface area contributed by atoms with Crippen molar-refractivity contribution in [1.82, 2.24) is 0 Å². The van der Waals surface area contributed by atoms with Gasteiger partial charge in [0.25, 0.3) is 0 Å². The van der Waals surface area contributed by atoms with E-state index in [-0.39, 0.29) is 10.9 Å². The maximum atomic E-state index is 12.0. The van der Waals surface area contributed by atoms with Crippen LogP contribution in [-0.2, 0) is 0 Å². The molecule has 26 heavy (non-hydrogen) atoms. The molecule has 0 saturated carbocycles. The van der Waals surface area contributed by atoms with Gasteiger partial charge in [0.2, 0.25) is 0 Å². The van der Waals surface area contributed by atoms with Crippen molar-refractivity contribution in [2.24, 2.45) is 0 Å². The number of ether oxygens (including phenoxy) is 2. The molecule has 4 nitrogen and oxygen atoms in total. The fourth-order valence-corrected chi connectivity index (χ4v) is 4.54. The number of thioether (sulfide) groups is 1. The summed E-state index contributed by atoms with van der Waals surface area (Å²) in [4.78, 5) is 13.1. The van der Waals surface area contributed by atoms with Gasteiger partial charge in [-0.25, -0.2) is 4.79 Å². The molecule has 1 aliphatic heterocycles. The zero-order valence-electron chi connectivity index (χ0n) is 14.5. The van der Waals surface area contributed by atoms with E-state index in [2.05, 4.69) is 12.1 Å². The third-order valence-corrected chi connectivity index (χ3v) is 5.86. The van der Waals surface area contributed by atoms with E-state index < -0.39 is 0 Å². The van der Waals surface area contributed by atoms with Crippen molar-refractivity contribution in [2.45, 2.75) is 11.7 Å². The monoisotopic (exact) mass is 366 g/mol. The van der Waals surface area contributed by atoms with Gasteiger partial charge in [-0.1, -0.05) is 24.3 Å². The van der Waals surface area contributed by atoms with Crippen LogP contribution in [0.5, 0.6) is 11.5 Å². The van der Waals surface area contributed by atoms with Gasteiger partial charge in [-0.05, 0) is 24.6 Å². The molecule has 0 radical (unpaired) electrons. The van der Waals surface area contributed by atoms with E-state index in [1.807, 2.05) is 30.3 Å². The molecule has 0 bridgehead atoms. The molecule has 4 rings (SSSR count). The smallest absolute Gasteiger partial charge is 0.336 e. The minimum atomic E-state index is -0.358. The van der Waals surface area contributed by atoms with E-state index in [0.717, 1.165) is 28.0 Å². The Morgan fingerprint density at radius 1 is 1.08 bits per heavy atom.